The van der Waals surface area contributed by atoms with Crippen molar-refractivity contribution in [2.45, 2.75) is 39.8 Å². The number of urea groups is 1. The Hall–Kier alpha value is -4.99. The maximum absolute atomic E-state index is 14.6. The van der Waals surface area contributed by atoms with E-state index in [2.05, 4.69) is 85.7 Å². The van der Waals surface area contributed by atoms with Gasteiger partial charge in [-0.1, -0.05) is 141 Å². The summed E-state index contributed by atoms with van der Waals surface area (Å²) in [6, 6.07) is 43.6. The number of aromatic nitrogens is 2. The Labute approximate surface area is 316 Å². The van der Waals surface area contributed by atoms with Gasteiger partial charge in [-0.15, -0.1) is 0 Å². The molecule has 1 N–H and O–H groups in total. The number of fused-ring (bicyclic) bond motifs is 1. The summed E-state index contributed by atoms with van der Waals surface area (Å²) in [5.41, 5.74) is 3.51. The minimum Gasteiger partial charge on any atom is -0.403 e. The first-order chi connectivity index (χ1) is 25.2. The molecule has 1 radical (unpaired) electrons. The number of para-hydroxylation sites is 2. The molecule has 2 heterocycles. The van der Waals surface area contributed by atoms with Crippen molar-refractivity contribution in [1.29, 1.82) is 0 Å². The average molecular weight is 744 g/mol. The van der Waals surface area contributed by atoms with Crippen LogP contribution in [0.2, 0.25) is 10.0 Å². The third kappa shape index (κ3) is 7.76. The van der Waals surface area contributed by atoms with Gasteiger partial charge in [-0.2, -0.15) is 4.98 Å². The van der Waals surface area contributed by atoms with Crippen LogP contribution in [0.3, 0.4) is 0 Å². The van der Waals surface area contributed by atoms with Crippen molar-refractivity contribution in [2.24, 2.45) is 5.41 Å². The highest BCUT2D eigenvalue weighted by atomic mass is 35.5. The van der Waals surface area contributed by atoms with Gasteiger partial charge in [-0.3, -0.25) is 4.90 Å². The number of amides is 2. The molecular weight excluding hydrogens is 705 g/mol. The van der Waals surface area contributed by atoms with Crippen molar-refractivity contribution in [1.82, 2.24) is 9.97 Å². The van der Waals surface area contributed by atoms with Crippen molar-refractivity contribution < 1.29 is 9.22 Å². The zero-order valence-electron chi connectivity index (χ0n) is 29.1. The monoisotopic (exact) mass is 742 g/mol. The molecule has 0 spiro atoms. The van der Waals surface area contributed by atoms with Gasteiger partial charge in [0.25, 0.3) is 9.04 Å². The van der Waals surface area contributed by atoms with E-state index in [4.69, 9.17) is 32.6 Å². The van der Waals surface area contributed by atoms with Crippen LogP contribution in [0.15, 0.2) is 140 Å². The van der Waals surface area contributed by atoms with Gasteiger partial charge >= 0.3 is 6.03 Å². The van der Waals surface area contributed by atoms with Gasteiger partial charge in [-0.05, 0) is 64.2 Å². The number of anilines is 5. The van der Waals surface area contributed by atoms with Gasteiger partial charge in [0.1, 0.15) is 0 Å². The normalized spacial score (nSPS) is 13.6. The molecule has 0 saturated heterocycles. The first-order valence-electron chi connectivity index (χ1n) is 17.1. The minimum absolute atomic E-state index is 0.135. The van der Waals surface area contributed by atoms with Crippen LogP contribution in [0.25, 0.3) is 0 Å². The van der Waals surface area contributed by atoms with Crippen LogP contribution in [0.5, 0.6) is 0 Å². The summed E-state index contributed by atoms with van der Waals surface area (Å²) in [5.74, 6) is 0.859. The van der Waals surface area contributed by atoms with Gasteiger partial charge in [-0.25, -0.2) is 14.7 Å². The van der Waals surface area contributed by atoms with Crippen LogP contribution < -0.4 is 25.5 Å². The molecule has 7 nitrogen and oxygen atoms in total. The molecule has 10 heteroatoms. The molecule has 52 heavy (non-hydrogen) atoms. The van der Waals surface area contributed by atoms with E-state index in [-0.39, 0.29) is 24.1 Å². The van der Waals surface area contributed by atoms with E-state index >= 15 is 0 Å². The van der Waals surface area contributed by atoms with E-state index in [0.29, 0.717) is 39.6 Å². The Morgan fingerprint density at radius 3 is 2.02 bits per heavy atom. The number of carbonyl (C=O) groups excluding carboxylic acids is 1. The Bertz CT molecular complexity index is 2110. The van der Waals surface area contributed by atoms with E-state index in [9.17, 15) is 4.79 Å². The van der Waals surface area contributed by atoms with Crippen LogP contribution >= 0.6 is 23.2 Å². The molecule has 1 aliphatic rings. The first kappa shape index (κ1) is 35.4. The number of benzene rings is 5. The Kier molecular flexibility index (Phi) is 10.4. The molecule has 0 aliphatic carbocycles. The Balaban J connectivity index is 1.26. The van der Waals surface area contributed by atoms with Gasteiger partial charge in [0.05, 0.1) is 34.1 Å². The van der Waals surface area contributed by atoms with Crippen molar-refractivity contribution in [3.05, 3.63) is 161 Å². The standard InChI is InChI=1S/C42H38Cl2N5O2Si/c1-42(2,3)37(51-52(33-19-9-5-10-20-33)34-21-11-6-12-22-34)26-29-15-13-18-32(25-29)49-39-30(27-45-40(47-39)46-31-16-7-4-8-17-31)28-48(41(49)50)38-35(43)23-14-24-36(38)44/h4-25,27,37H,26,28H2,1-3H3,(H,45,46,47). The smallest absolute Gasteiger partial charge is 0.335 e. The van der Waals surface area contributed by atoms with Gasteiger partial charge in [0.2, 0.25) is 5.95 Å². The predicted octanol–water partition coefficient (Wildman–Crippen LogP) is 9.59. The van der Waals surface area contributed by atoms with Crippen molar-refractivity contribution in [3.8, 4) is 0 Å². The molecule has 1 unspecified atom stereocenters. The number of nitrogens with one attached hydrogen (secondary N) is 1. The highest BCUT2D eigenvalue weighted by molar-refractivity contribution is 6.80. The maximum Gasteiger partial charge on any atom is 0.335 e. The summed E-state index contributed by atoms with van der Waals surface area (Å²) in [5, 5.41) is 6.40. The van der Waals surface area contributed by atoms with Crippen LogP contribution in [0.4, 0.5) is 33.6 Å². The third-order valence-corrected chi connectivity index (χ3v) is 11.8. The first-order valence-corrected chi connectivity index (χ1v) is 19.3. The fourth-order valence-corrected chi connectivity index (χ4v) is 9.12. The fraction of sp³-hybridized carbons (Fsp3) is 0.167. The Morgan fingerprint density at radius 1 is 0.808 bits per heavy atom. The summed E-state index contributed by atoms with van der Waals surface area (Å²) in [4.78, 5) is 27.4. The average Bonchev–Trinajstić information content (AvgIpc) is 3.14. The highest BCUT2D eigenvalue weighted by Gasteiger charge is 2.37. The molecule has 1 atom stereocenters. The number of hydrogen-bond donors (Lipinski definition) is 1. The molecule has 2 amide bonds. The minimum atomic E-state index is -1.57. The quantitative estimate of drug-likeness (QED) is 0.142. The number of carbonyl (C=O) groups is 1. The number of hydrogen-bond acceptors (Lipinski definition) is 5. The predicted molar refractivity (Wildman–Crippen MR) is 214 cm³/mol. The second kappa shape index (κ2) is 15.3. The molecule has 261 valence electrons. The van der Waals surface area contributed by atoms with E-state index in [1.807, 2.05) is 60.7 Å². The fourth-order valence-electron chi connectivity index (χ4n) is 6.20. The van der Waals surface area contributed by atoms with E-state index < -0.39 is 9.04 Å². The molecule has 7 rings (SSSR count). The molecule has 1 aliphatic heterocycles. The summed E-state index contributed by atoms with van der Waals surface area (Å²) in [7, 11) is -1.57. The maximum atomic E-state index is 14.6. The number of nitrogens with zero attached hydrogens (tertiary/aromatic N) is 4. The lowest BCUT2D eigenvalue weighted by atomic mass is 9.85. The lowest BCUT2D eigenvalue weighted by Gasteiger charge is -2.37. The molecule has 6 aromatic rings. The molecule has 5 aromatic carbocycles. The Morgan fingerprint density at radius 2 is 1.40 bits per heavy atom. The van der Waals surface area contributed by atoms with E-state index in [1.54, 1.807) is 34.2 Å². The summed E-state index contributed by atoms with van der Waals surface area (Å²) in [6.07, 6.45) is 2.24. The van der Waals surface area contributed by atoms with Crippen LogP contribution in [0, 0.1) is 5.41 Å². The molecule has 1 aromatic heterocycles. The second-order valence-corrected chi connectivity index (χ2v) is 16.6. The van der Waals surface area contributed by atoms with Crippen molar-refractivity contribution in [3.63, 3.8) is 0 Å². The molecule has 0 bridgehead atoms. The third-order valence-electron chi connectivity index (χ3n) is 8.93. The van der Waals surface area contributed by atoms with Gasteiger partial charge in [0, 0.05) is 17.4 Å². The van der Waals surface area contributed by atoms with Gasteiger partial charge in [0.15, 0.2) is 5.82 Å². The molecular formula is C42H38Cl2N5O2Si. The van der Waals surface area contributed by atoms with Crippen LogP contribution in [0.1, 0.15) is 31.9 Å². The lowest BCUT2D eigenvalue weighted by molar-refractivity contribution is 0.0897. The number of halogens is 2. The molecule has 0 fully saturated rings. The van der Waals surface area contributed by atoms with Gasteiger partial charge < -0.3 is 9.74 Å². The van der Waals surface area contributed by atoms with E-state index in [0.717, 1.165) is 16.8 Å². The number of rotatable bonds is 10. The van der Waals surface area contributed by atoms with Crippen LogP contribution in [-0.4, -0.2) is 31.1 Å². The molecule has 0 saturated carbocycles. The summed E-state index contributed by atoms with van der Waals surface area (Å²) >= 11 is 13.3. The zero-order valence-corrected chi connectivity index (χ0v) is 31.6. The van der Waals surface area contributed by atoms with Crippen LogP contribution in [-0.2, 0) is 17.4 Å². The zero-order chi connectivity index (χ0) is 36.2. The second-order valence-electron chi connectivity index (χ2n) is 13.7. The summed E-state index contributed by atoms with van der Waals surface area (Å²) < 4.78 is 7.18. The van der Waals surface area contributed by atoms with E-state index in [1.165, 1.54) is 10.4 Å². The largest absolute Gasteiger partial charge is 0.403 e. The van der Waals surface area contributed by atoms with Crippen molar-refractivity contribution in [2.75, 3.05) is 15.1 Å². The lowest BCUT2D eigenvalue weighted by Crippen LogP contribution is -2.50. The topological polar surface area (TPSA) is 70.6 Å². The summed E-state index contributed by atoms with van der Waals surface area (Å²) in [6.45, 7) is 6.84. The van der Waals surface area contributed by atoms with Crippen molar-refractivity contribution >= 4 is 77.5 Å². The SMILES string of the molecule is CC(C)(C)C(Cc1cccc(N2C(=O)N(c3c(Cl)cccc3Cl)Cc3cnc(Nc4ccccc4)nc32)c1)O[Si](c1ccccc1)c1ccccc1. The highest BCUT2D eigenvalue weighted by Crippen LogP contribution is 2.41.